The number of carbonyl (C=O) groups excluding carboxylic acids is 1. The van der Waals surface area contributed by atoms with E-state index in [0.29, 0.717) is 30.3 Å². The molecule has 1 aromatic carbocycles. The lowest BCUT2D eigenvalue weighted by Gasteiger charge is -2.10. The van der Waals surface area contributed by atoms with Gasteiger partial charge in [-0.3, -0.25) is 4.79 Å². The van der Waals surface area contributed by atoms with Crippen LogP contribution in [-0.4, -0.2) is 25.7 Å². The van der Waals surface area contributed by atoms with Gasteiger partial charge in [0.1, 0.15) is 0 Å². The molecule has 0 atom stereocenters. The van der Waals surface area contributed by atoms with E-state index in [0.717, 1.165) is 18.6 Å². The summed E-state index contributed by atoms with van der Waals surface area (Å²) in [5, 5.41) is 2.81. The highest BCUT2D eigenvalue weighted by molar-refractivity contribution is 5.99. The number of anilines is 1. The lowest BCUT2D eigenvalue weighted by atomic mass is 10.1. The largest absolute Gasteiger partial charge is 0.398 e. The smallest absolute Gasteiger partial charge is 0.253 e. The number of hydrogen-bond acceptors (Lipinski definition) is 3. The third kappa shape index (κ3) is 5.30. The second kappa shape index (κ2) is 7.79. The van der Waals surface area contributed by atoms with E-state index < -0.39 is 0 Å². The van der Waals surface area contributed by atoms with Crippen molar-refractivity contribution < 1.29 is 9.53 Å². The van der Waals surface area contributed by atoms with E-state index in [1.807, 2.05) is 19.1 Å². The van der Waals surface area contributed by atoms with E-state index in [9.17, 15) is 4.79 Å². The Balaban J connectivity index is 2.30. The number of hydrogen-bond donors (Lipinski definition) is 2. The van der Waals surface area contributed by atoms with Crippen molar-refractivity contribution >= 4 is 11.6 Å². The van der Waals surface area contributed by atoms with Gasteiger partial charge >= 0.3 is 0 Å². The summed E-state index contributed by atoms with van der Waals surface area (Å²) in [4.78, 5) is 11.9. The maximum atomic E-state index is 11.9. The highest BCUT2D eigenvalue weighted by atomic mass is 16.5. The minimum Gasteiger partial charge on any atom is -0.398 e. The molecule has 1 aromatic rings. The Bertz CT molecular complexity index is 417. The van der Waals surface area contributed by atoms with Crippen molar-refractivity contribution in [2.75, 3.05) is 25.5 Å². The number of aryl methyl sites for hydroxylation is 1. The molecular formula is C15H24N2O2. The van der Waals surface area contributed by atoms with Crippen molar-refractivity contribution in [1.82, 2.24) is 5.32 Å². The Morgan fingerprint density at radius 1 is 1.37 bits per heavy atom. The Morgan fingerprint density at radius 2 is 2.11 bits per heavy atom. The first-order valence-corrected chi connectivity index (χ1v) is 6.73. The van der Waals surface area contributed by atoms with Crippen molar-refractivity contribution in [3.8, 4) is 0 Å². The first kappa shape index (κ1) is 15.5. The van der Waals surface area contributed by atoms with Gasteiger partial charge in [0.25, 0.3) is 5.91 Å². The van der Waals surface area contributed by atoms with E-state index in [-0.39, 0.29) is 5.91 Å². The minimum absolute atomic E-state index is 0.145. The third-order valence-electron chi connectivity index (χ3n) is 2.94. The minimum atomic E-state index is -0.145. The molecule has 19 heavy (non-hydrogen) atoms. The van der Waals surface area contributed by atoms with E-state index >= 15 is 0 Å². The fraction of sp³-hybridized carbons (Fsp3) is 0.533. The molecule has 0 bridgehead atoms. The van der Waals surface area contributed by atoms with Crippen LogP contribution in [0, 0.1) is 12.8 Å². The van der Waals surface area contributed by atoms with Crippen LogP contribution < -0.4 is 11.1 Å². The molecule has 0 aliphatic rings. The topological polar surface area (TPSA) is 64.3 Å². The molecule has 1 amide bonds. The maximum absolute atomic E-state index is 11.9. The zero-order chi connectivity index (χ0) is 14.3. The molecule has 0 aromatic heterocycles. The van der Waals surface area contributed by atoms with Crippen LogP contribution in [0.2, 0.25) is 0 Å². The molecule has 0 aliphatic carbocycles. The maximum Gasteiger partial charge on any atom is 0.253 e. The molecule has 106 valence electrons. The zero-order valence-corrected chi connectivity index (χ0v) is 12.0. The Hall–Kier alpha value is -1.55. The number of ether oxygens (including phenoxy) is 1. The zero-order valence-electron chi connectivity index (χ0n) is 12.0. The fourth-order valence-electron chi connectivity index (χ4n) is 1.63. The number of nitrogens with two attached hydrogens (primary N) is 1. The lowest BCUT2D eigenvalue weighted by Crippen LogP contribution is -2.28. The Morgan fingerprint density at radius 3 is 2.79 bits per heavy atom. The number of nitrogens with one attached hydrogen (secondary N) is 1. The third-order valence-corrected chi connectivity index (χ3v) is 2.94. The second-order valence-corrected chi connectivity index (χ2v) is 5.09. The van der Waals surface area contributed by atoms with Crippen LogP contribution in [0.3, 0.4) is 0 Å². The van der Waals surface area contributed by atoms with Crippen molar-refractivity contribution in [1.29, 1.82) is 0 Å². The summed E-state index contributed by atoms with van der Waals surface area (Å²) in [6, 6.07) is 5.46. The van der Waals surface area contributed by atoms with Gasteiger partial charge in [0.15, 0.2) is 0 Å². The molecule has 0 spiro atoms. The van der Waals surface area contributed by atoms with Gasteiger partial charge in [0.2, 0.25) is 0 Å². The average molecular weight is 264 g/mol. The van der Waals surface area contributed by atoms with Crippen LogP contribution in [-0.2, 0) is 4.74 Å². The van der Waals surface area contributed by atoms with E-state index in [1.165, 1.54) is 0 Å². The van der Waals surface area contributed by atoms with Crippen molar-refractivity contribution in [3.05, 3.63) is 29.3 Å². The van der Waals surface area contributed by atoms with E-state index in [1.54, 1.807) is 6.07 Å². The molecule has 0 aliphatic heterocycles. The number of nitrogen functional groups attached to an aromatic ring is 1. The van der Waals surface area contributed by atoms with Crippen LogP contribution in [0.1, 0.15) is 36.2 Å². The standard InChI is InChI=1S/C15H24N2O2/c1-11(2)7-9-19-10-8-17-15(18)13-6-4-5-12(3)14(13)16/h4-6,11H,7-10,16H2,1-3H3,(H,17,18). The predicted octanol–water partition coefficient (Wildman–Crippen LogP) is 2.37. The normalized spacial score (nSPS) is 10.7. The number of benzene rings is 1. The van der Waals surface area contributed by atoms with Gasteiger partial charge < -0.3 is 15.8 Å². The fourth-order valence-corrected chi connectivity index (χ4v) is 1.63. The highest BCUT2D eigenvalue weighted by Gasteiger charge is 2.09. The summed E-state index contributed by atoms with van der Waals surface area (Å²) in [6.45, 7) is 7.98. The summed E-state index contributed by atoms with van der Waals surface area (Å²) in [7, 11) is 0. The number of para-hydroxylation sites is 1. The number of amides is 1. The molecule has 0 radical (unpaired) electrons. The highest BCUT2D eigenvalue weighted by Crippen LogP contribution is 2.15. The Kier molecular flexibility index (Phi) is 6.36. The Labute approximate surface area is 115 Å². The van der Waals surface area contributed by atoms with Gasteiger partial charge in [-0.2, -0.15) is 0 Å². The van der Waals surface area contributed by atoms with Crippen molar-refractivity contribution in [2.24, 2.45) is 5.92 Å². The molecular weight excluding hydrogens is 240 g/mol. The summed E-state index contributed by atoms with van der Waals surface area (Å²) in [6.07, 6.45) is 1.04. The van der Waals surface area contributed by atoms with Gasteiger partial charge in [0, 0.05) is 18.8 Å². The van der Waals surface area contributed by atoms with Crippen LogP contribution in [0.25, 0.3) is 0 Å². The van der Waals surface area contributed by atoms with Crippen molar-refractivity contribution in [2.45, 2.75) is 27.2 Å². The average Bonchev–Trinajstić information content (AvgIpc) is 2.36. The van der Waals surface area contributed by atoms with Gasteiger partial charge in [-0.15, -0.1) is 0 Å². The second-order valence-electron chi connectivity index (χ2n) is 5.09. The van der Waals surface area contributed by atoms with E-state index in [4.69, 9.17) is 10.5 Å². The molecule has 0 unspecified atom stereocenters. The van der Waals surface area contributed by atoms with Crippen LogP contribution in [0.5, 0.6) is 0 Å². The molecule has 1 rings (SSSR count). The lowest BCUT2D eigenvalue weighted by molar-refractivity contribution is 0.0906. The SMILES string of the molecule is Cc1cccc(C(=O)NCCOCCC(C)C)c1N. The monoisotopic (exact) mass is 264 g/mol. The summed E-state index contributed by atoms with van der Waals surface area (Å²) in [5.74, 6) is 0.496. The van der Waals surface area contributed by atoms with Gasteiger partial charge in [0.05, 0.1) is 12.2 Å². The molecule has 4 heteroatoms. The first-order valence-electron chi connectivity index (χ1n) is 6.73. The first-order chi connectivity index (χ1) is 9.02. The molecule has 0 heterocycles. The predicted molar refractivity (Wildman–Crippen MR) is 78.2 cm³/mol. The van der Waals surface area contributed by atoms with Gasteiger partial charge in [-0.1, -0.05) is 26.0 Å². The van der Waals surface area contributed by atoms with Crippen molar-refractivity contribution in [3.63, 3.8) is 0 Å². The number of carbonyl (C=O) groups is 1. The van der Waals surface area contributed by atoms with Crippen LogP contribution in [0.4, 0.5) is 5.69 Å². The van der Waals surface area contributed by atoms with Crippen LogP contribution in [0.15, 0.2) is 18.2 Å². The molecule has 0 saturated carbocycles. The van der Waals surface area contributed by atoms with E-state index in [2.05, 4.69) is 19.2 Å². The quantitative estimate of drug-likeness (QED) is 0.587. The summed E-state index contributed by atoms with van der Waals surface area (Å²) < 4.78 is 5.44. The number of rotatable bonds is 7. The molecule has 0 fully saturated rings. The molecule has 4 nitrogen and oxygen atoms in total. The summed E-state index contributed by atoms with van der Waals surface area (Å²) >= 11 is 0. The van der Waals surface area contributed by atoms with Gasteiger partial charge in [-0.05, 0) is 30.9 Å². The molecule has 0 saturated heterocycles. The van der Waals surface area contributed by atoms with Crippen LogP contribution >= 0.6 is 0 Å². The summed E-state index contributed by atoms with van der Waals surface area (Å²) in [5.41, 5.74) is 7.87. The molecule has 3 N–H and O–H groups in total. The van der Waals surface area contributed by atoms with Gasteiger partial charge in [-0.25, -0.2) is 0 Å².